The lowest BCUT2D eigenvalue weighted by Crippen LogP contribution is -2.23. The maximum atomic E-state index is 5.92. The SMILES string of the molecule is CCc1cccc(NC(N)=NCC(C)c2nccs2)c1. The summed E-state index contributed by atoms with van der Waals surface area (Å²) < 4.78 is 0. The molecule has 3 N–H and O–H groups in total. The highest BCUT2D eigenvalue weighted by Crippen LogP contribution is 2.17. The van der Waals surface area contributed by atoms with Crippen molar-refractivity contribution in [1.29, 1.82) is 0 Å². The summed E-state index contributed by atoms with van der Waals surface area (Å²) in [5.41, 5.74) is 8.18. The maximum Gasteiger partial charge on any atom is 0.193 e. The number of hydrogen-bond donors (Lipinski definition) is 2. The minimum Gasteiger partial charge on any atom is -0.370 e. The van der Waals surface area contributed by atoms with Gasteiger partial charge in [-0.05, 0) is 24.1 Å². The van der Waals surface area contributed by atoms with Gasteiger partial charge in [-0.25, -0.2) is 4.98 Å². The van der Waals surface area contributed by atoms with E-state index in [-0.39, 0.29) is 5.92 Å². The van der Waals surface area contributed by atoms with Gasteiger partial charge in [-0.1, -0.05) is 26.0 Å². The Bertz CT molecular complexity index is 563. The third-order valence-corrected chi connectivity index (χ3v) is 4.02. The normalized spacial score (nSPS) is 13.2. The molecule has 0 saturated carbocycles. The third-order valence-electron chi connectivity index (χ3n) is 3.02. The molecule has 0 bridgehead atoms. The number of aliphatic imine (C=N–C) groups is 1. The molecular formula is C15H20N4S. The molecule has 1 atom stereocenters. The van der Waals surface area contributed by atoms with Crippen LogP contribution in [-0.2, 0) is 6.42 Å². The number of benzene rings is 1. The van der Waals surface area contributed by atoms with Crippen LogP contribution in [0, 0.1) is 0 Å². The highest BCUT2D eigenvalue weighted by atomic mass is 32.1. The van der Waals surface area contributed by atoms with Crippen LogP contribution in [0.15, 0.2) is 40.8 Å². The third kappa shape index (κ3) is 4.06. The van der Waals surface area contributed by atoms with Crippen LogP contribution in [0.5, 0.6) is 0 Å². The Labute approximate surface area is 123 Å². The summed E-state index contributed by atoms with van der Waals surface area (Å²) in [4.78, 5) is 8.67. The number of thiazole rings is 1. The van der Waals surface area contributed by atoms with Crippen molar-refractivity contribution in [3.63, 3.8) is 0 Å². The Balaban J connectivity index is 1.93. The van der Waals surface area contributed by atoms with Gasteiger partial charge in [0.05, 0.1) is 11.6 Å². The smallest absolute Gasteiger partial charge is 0.193 e. The van der Waals surface area contributed by atoms with E-state index >= 15 is 0 Å². The first-order valence-corrected chi connectivity index (χ1v) is 7.62. The summed E-state index contributed by atoms with van der Waals surface area (Å²) in [6.07, 6.45) is 2.83. The van der Waals surface area contributed by atoms with E-state index in [1.165, 1.54) is 5.56 Å². The standard InChI is InChI=1S/C15H20N4S/c1-3-12-5-4-6-13(9-12)19-15(16)18-10-11(2)14-17-7-8-20-14/h4-9,11H,3,10H2,1-2H3,(H3,16,18,19). The van der Waals surface area contributed by atoms with Gasteiger partial charge in [-0.3, -0.25) is 4.99 Å². The van der Waals surface area contributed by atoms with Gasteiger partial charge in [-0.2, -0.15) is 0 Å². The largest absolute Gasteiger partial charge is 0.370 e. The summed E-state index contributed by atoms with van der Waals surface area (Å²) in [5.74, 6) is 0.735. The first-order valence-electron chi connectivity index (χ1n) is 6.74. The van der Waals surface area contributed by atoms with Crippen LogP contribution >= 0.6 is 11.3 Å². The van der Waals surface area contributed by atoms with Gasteiger partial charge in [0.1, 0.15) is 0 Å². The molecule has 0 aliphatic carbocycles. The molecule has 1 aromatic heterocycles. The van der Waals surface area contributed by atoms with Gasteiger partial charge in [0.2, 0.25) is 0 Å². The average molecular weight is 288 g/mol. The fraction of sp³-hybridized carbons (Fsp3) is 0.333. The molecule has 0 aliphatic rings. The maximum absolute atomic E-state index is 5.92. The molecule has 1 heterocycles. The fourth-order valence-electron chi connectivity index (χ4n) is 1.85. The van der Waals surface area contributed by atoms with E-state index in [9.17, 15) is 0 Å². The number of nitrogens with zero attached hydrogens (tertiary/aromatic N) is 2. The monoisotopic (exact) mass is 288 g/mol. The molecule has 2 aromatic rings. The molecular weight excluding hydrogens is 268 g/mol. The van der Waals surface area contributed by atoms with Gasteiger partial charge >= 0.3 is 0 Å². The van der Waals surface area contributed by atoms with Crippen molar-refractivity contribution in [3.8, 4) is 0 Å². The number of nitrogens with two attached hydrogens (primary N) is 1. The van der Waals surface area contributed by atoms with Crippen molar-refractivity contribution in [1.82, 2.24) is 4.98 Å². The molecule has 5 heteroatoms. The minimum atomic E-state index is 0.289. The van der Waals surface area contributed by atoms with Crippen LogP contribution in [0.3, 0.4) is 0 Å². The minimum absolute atomic E-state index is 0.289. The predicted molar refractivity (Wildman–Crippen MR) is 86.5 cm³/mol. The Morgan fingerprint density at radius 3 is 3.05 bits per heavy atom. The van der Waals surface area contributed by atoms with Gasteiger partial charge in [0, 0.05) is 23.2 Å². The second-order valence-electron chi connectivity index (χ2n) is 4.68. The number of guanidine groups is 1. The number of hydrogen-bond acceptors (Lipinski definition) is 3. The van der Waals surface area contributed by atoms with E-state index in [1.807, 2.05) is 23.7 Å². The van der Waals surface area contributed by atoms with Crippen LogP contribution in [0.1, 0.15) is 30.3 Å². The second kappa shape index (κ2) is 7.05. The van der Waals surface area contributed by atoms with Gasteiger partial charge in [-0.15, -0.1) is 11.3 Å². The lowest BCUT2D eigenvalue weighted by Gasteiger charge is -2.09. The van der Waals surface area contributed by atoms with E-state index in [2.05, 4.69) is 41.3 Å². The zero-order valence-corrected chi connectivity index (χ0v) is 12.7. The van der Waals surface area contributed by atoms with E-state index in [0.717, 1.165) is 17.1 Å². The summed E-state index contributed by atoms with van der Waals surface area (Å²) in [7, 11) is 0. The molecule has 1 aromatic carbocycles. The van der Waals surface area contributed by atoms with Gasteiger partial charge < -0.3 is 11.1 Å². The second-order valence-corrected chi connectivity index (χ2v) is 5.60. The van der Waals surface area contributed by atoms with Crippen LogP contribution in [0.2, 0.25) is 0 Å². The summed E-state index contributed by atoms with van der Waals surface area (Å²) in [5, 5.41) is 6.20. The molecule has 1 unspecified atom stereocenters. The van der Waals surface area contributed by atoms with Crippen LogP contribution in [0.25, 0.3) is 0 Å². The van der Waals surface area contributed by atoms with Crippen LogP contribution < -0.4 is 11.1 Å². The zero-order chi connectivity index (χ0) is 14.4. The van der Waals surface area contributed by atoms with Gasteiger partial charge in [0.25, 0.3) is 0 Å². The molecule has 4 nitrogen and oxygen atoms in total. The van der Waals surface area contributed by atoms with E-state index in [0.29, 0.717) is 12.5 Å². The Morgan fingerprint density at radius 2 is 2.35 bits per heavy atom. The van der Waals surface area contributed by atoms with Gasteiger partial charge in [0.15, 0.2) is 5.96 Å². The van der Waals surface area contributed by atoms with Crippen LogP contribution in [-0.4, -0.2) is 17.5 Å². The van der Waals surface area contributed by atoms with Crippen molar-refractivity contribution in [2.75, 3.05) is 11.9 Å². The predicted octanol–water partition coefficient (Wildman–Crippen LogP) is 3.24. The Morgan fingerprint density at radius 1 is 1.50 bits per heavy atom. The van der Waals surface area contributed by atoms with Crippen molar-refractivity contribution < 1.29 is 0 Å². The first-order chi connectivity index (χ1) is 9.69. The quantitative estimate of drug-likeness (QED) is 0.656. The Kier molecular flexibility index (Phi) is 5.12. The van der Waals surface area contributed by atoms with E-state index in [4.69, 9.17) is 5.73 Å². The highest BCUT2D eigenvalue weighted by molar-refractivity contribution is 7.09. The molecule has 0 aliphatic heterocycles. The van der Waals surface area contributed by atoms with E-state index in [1.54, 1.807) is 11.3 Å². The molecule has 0 fully saturated rings. The molecule has 2 rings (SSSR count). The molecule has 106 valence electrons. The summed E-state index contributed by atoms with van der Waals surface area (Å²) >= 11 is 1.65. The number of anilines is 1. The lowest BCUT2D eigenvalue weighted by molar-refractivity contribution is 0.766. The van der Waals surface area contributed by atoms with Crippen molar-refractivity contribution in [2.24, 2.45) is 10.7 Å². The molecule has 0 saturated heterocycles. The molecule has 0 radical (unpaired) electrons. The molecule has 0 spiro atoms. The topological polar surface area (TPSA) is 63.3 Å². The zero-order valence-electron chi connectivity index (χ0n) is 11.8. The van der Waals surface area contributed by atoms with Crippen molar-refractivity contribution in [2.45, 2.75) is 26.2 Å². The van der Waals surface area contributed by atoms with E-state index < -0.39 is 0 Å². The molecule has 20 heavy (non-hydrogen) atoms. The van der Waals surface area contributed by atoms with Crippen LogP contribution in [0.4, 0.5) is 5.69 Å². The highest BCUT2D eigenvalue weighted by Gasteiger charge is 2.07. The average Bonchev–Trinajstić information content (AvgIpc) is 2.99. The number of rotatable bonds is 5. The fourth-order valence-corrected chi connectivity index (χ4v) is 2.54. The number of aromatic nitrogens is 1. The number of nitrogens with one attached hydrogen (secondary N) is 1. The number of aryl methyl sites for hydroxylation is 1. The van der Waals surface area contributed by atoms with Crippen molar-refractivity contribution in [3.05, 3.63) is 46.4 Å². The Hall–Kier alpha value is -1.88. The lowest BCUT2D eigenvalue weighted by atomic mass is 10.1. The summed E-state index contributed by atoms with van der Waals surface area (Å²) in [6, 6.07) is 8.20. The first kappa shape index (κ1) is 14.5. The van der Waals surface area contributed by atoms with Crippen molar-refractivity contribution >= 4 is 23.0 Å². The summed E-state index contributed by atoms with van der Waals surface area (Å²) in [6.45, 7) is 4.87. The molecule has 0 amide bonds.